The molecule has 1 saturated heterocycles. The second-order valence-corrected chi connectivity index (χ2v) is 6.51. The molecular formula is C15H21N5OS. The minimum atomic E-state index is -0.0617. The topological polar surface area (TPSA) is 63.1 Å². The van der Waals surface area contributed by atoms with Gasteiger partial charge in [-0.25, -0.2) is 4.98 Å². The molecule has 0 spiro atoms. The highest BCUT2D eigenvalue weighted by Crippen LogP contribution is 2.31. The van der Waals surface area contributed by atoms with Gasteiger partial charge in [0.1, 0.15) is 0 Å². The van der Waals surface area contributed by atoms with E-state index in [-0.39, 0.29) is 17.7 Å². The van der Waals surface area contributed by atoms with Crippen molar-refractivity contribution in [2.45, 2.75) is 19.8 Å². The van der Waals surface area contributed by atoms with Crippen molar-refractivity contribution in [1.29, 1.82) is 0 Å². The molecule has 3 heterocycles. The number of hydrogen-bond acceptors (Lipinski definition) is 5. The second-order valence-electron chi connectivity index (χ2n) is 5.67. The van der Waals surface area contributed by atoms with Crippen LogP contribution in [-0.4, -0.2) is 40.3 Å². The summed E-state index contributed by atoms with van der Waals surface area (Å²) < 4.78 is 1.79. The first-order valence-corrected chi connectivity index (χ1v) is 8.41. The first kappa shape index (κ1) is 15.2. The van der Waals surface area contributed by atoms with Crippen molar-refractivity contribution in [2.24, 2.45) is 13.0 Å². The number of anilines is 1. The fourth-order valence-corrected chi connectivity index (χ4v) is 3.84. The van der Waals surface area contributed by atoms with Gasteiger partial charge >= 0.3 is 0 Å². The minimum absolute atomic E-state index is 0.0617. The van der Waals surface area contributed by atoms with E-state index in [9.17, 15) is 4.79 Å². The maximum atomic E-state index is 13.0. The molecule has 2 aromatic heterocycles. The molecule has 1 fully saturated rings. The van der Waals surface area contributed by atoms with Gasteiger partial charge in [0.15, 0.2) is 5.13 Å². The van der Waals surface area contributed by atoms with Gasteiger partial charge in [-0.05, 0) is 19.4 Å². The number of hydrogen-bond donors (Lipinski definition) is 1. The van der Waals surface area contributed by atoms with Crippen LogP contribution in [0.5, 0.6) is 0 Å². The van der Waals surface area contributed by atoms with Crippen LogP contribution in [0.25, 0.3) is 0 Å². The number of carbonyl (C=O) groups is 1. The van der Waals surface area contributed by atoms with Crippen molar-refractivity contribution in [3.8, 4) is 0 Å². The maximum Gasteiger partial charge on any atom is 0.233 e. The van der Waals surface area contributed by atoms with Gasteiger partial charge < -0.3 is 5.32 Å². The number of nitrogens with one attached hydrogen (secondary N) is 1. The van der Waals surface area contributed by atoms with Crippen molar-refractivity contribution >= 4 is 22.4 Å². The zero-order valence-corrected chi connectivity index (χ0v) is 13.9. The molecule has 1 amide bonds. The molecule has 0 bridgehead atoms. The molecule has 1 aliphatic rings. The highest BCUT2D eigenvalue weighted by atomic mass is 32.1. The Hall–Kier alpha value is -1.73. The Labute approximate surface area is 134 Å². The average Bonchev–Trinajstić information content (AvgIpc) is 3.20. The molecule has 22 heavy (non-hydrogen) atoms. The van der Waals surface area contributed by atoms with Gasteiger partial charge in [0.2, 0.25) is 5.91 Å². The van der Waals surface area contributed by atoms with E-state index in [4.69, 9.17) is 0 Å². The van der Waals surface area contributed by atoms with Gasteiger partial charge in [0.25, 0.3) is 0 Å². The third kappa shape index (κ3) is 2.78. The minimum Gasteiger partial charge on any atom is -0.315 e. The third-order valence-electron chi connectivity index (χ3n) is 4.10. The molecule has 1 aliphatic heterocycles. The lowest BCUT2D eigenvalue weighted by Gasteiger charge is -2.24. The fourth-order valence-electron chi connectivity index (χ4n) is 2.97. The lowest BCUT2D eigenvalue weighted by molar-refractivity contribution is -0.122. The molecule has 2 atom stereocenters. The van der Waals surface area contributed by atoms with E-state index in [2.05, 4.69) is 15.4 Å². The number of amides is 1. The van der Waals surface area contributed by atoms with Gasteiger partial charge in [-0.15, -0.1) is 11.3 Å². The summed E-state index contributed by atoms with van der Waals surface area (Å²) in [5, 5.41) is 10.4. The van der Waals surface area contributed by atoms with Gasteiger partial charge in [0.05, 0.1) is 17.8 Å². The van der Waals surface area contributed by atoms with E-state index in [0.717, 1.165) is 22.9 Å². The van der Waals surface area contributed by atoms with Crippen molar-refractivity contribution in [3.05, 3.63) is 29.0 Å². The second kappa shape index (κ2) is 6.18. The van der Waals surface area contributed by atoms with Crippen LogP contribution >= 0.6 is 11.3 Å². The Balaban J connectivity index is 1.83. The molecule has 0 aliphatic carbocycles. The summed E-state index contributed by atoms with van der Waals surface area (Å²) in [6, 6.07) is 0. The van der Waals surface area contributed by atoms with Gasteiger partial charge in [-0.2, -0.15) is 5.10 Å². The Morgan fingerprint density at radius 3 is 2.95 bits per heavy atom. The summed E-state index contributed by atoms with van der Waals surface area (Å²) in [5.41, 5.74) is 2.08. The Morgan fingerprint density at radius 2 is 2.36 bits per heavy atom. The summed E-state index contributed by atoms with van der Waals surface area (Å²) >= 11 is 1.53. The first-order valence-electron chi connectivity index (χ1n) is 7.53. The van der Waals surface area contributed by atoms with Crippen molar-refractivity contribution in [2.75, 3.05) is 24.5 Å². The van der Waals surface area contributed by atoms with E-state index >= 15 is 0 Å². The van der Waals surface area contributed by atoms with Crippen molar-refractivity contribution in [1.82, 2.24) is 20.1 Å². The standard InChI is InChI=1S/C15H21N5OS/c1-4-20(15-18-10(2)9-22-15)14(21)13-7-16-6-12(13)11-5-17-19(3)8-11/h5,8-9,12-13,16H,4,6-7H2,1-3H3/t12-,13+/m1/s1. The number of aryl methyl sites for hydroxylation is 2. The van der Waals surface area contributed by atoms with Crippen LogP contribution in [-0.2, 0) is 11.8 Å². The quantitative estimate of drug-likeness (QED) is 0.928. The molecule has 0 unspecified atom stereocenters. The molecular weight excluding hydrogens is 298 g/mol. The SMILES string of the molecule is CCN(C(=O)[C@H]1CNC[C@@H]1c1cnn(C)c1)c1nc(C)cs1. The zero-order chi connectivity index (χ0) is 15.7. The summed E-state index contributed by atoms with van der Waals surface area (Å²) in [6.45, 7) is 6.11. The summed E-state index contributed by atoms with van der Waals surface area (Å²) in [7, 11) is 1.90. The summed E-state index contributed by atoms with van der Waals surface area (Å²) in [6.07, 6.45) is 3.86. The predicted molar refractivity (Wildman–Crippen MR) is 87.2 cm³/mol. The van der Waals surface area contributed by atoms with Crippen LogP contribution in [0, 0.1) is 12.8 Å². The Kier molecular flexibility index (Phi) is 4.26. The normalized spacial score (nSPS) is 21.2. The first-order chi connectivity index (χ1) is 10.6. The van der Waals surface area contributed by atoms with E-state index in [0.29, 0.717) is 13.1 Å². The van der Waals surface area contributed by atoms with Crippen molar-refractivity contribution < 1.29 is 4.79 Å². The van der Waals surface area contributed by atoms with Gasteiger partial charge in [0, 0.05) is 44.2 Å². The van der Waals surface area contributed by atoms with Crippen LogP contribution < -0.4 is 10.2 Å². The number of rotatable bonds is 4. The highest BCUT2D eigenvalue weighted by Gasteiger charge is 2.37. The van der Waals surface area contributed by atoms with Gasteiger partial charge in [-0.1, -0.05) is 0 Å². The molecule has 0 aromatic carbocycles. The molecule has 7 heteroatoms. The summed E-state index contributed by atoms with van der Waals surface area (Å²) in [4.78, 5) is 19.3. The van der Waals surface area contributed by atoms with E-state index in [1.165, 1.54) is 11.3 Å². The maximum absolute atomic E-state index is 13.0. The van der Waals surface area contributed by atoms with Gasteiger partial charge in [-0.3, -0.25) is 14.4 Å². The summed E-state index contributed by atoms with van der Waals surface area (Å²) in [5.74, 6) is 0.264. The predicted octanol–water partition coefficient (Wildman–Crippen LogP) is 1.54. The smallest absolute Gasteiger partial charge is 0.233 e. The van der Waals surface area contributed by atoms with E-state index in [1.807, 2.05) is 38.7 Å². The zero-order valence-electron chi connectivity index (χ0n) is 13.1. The van der Waals surface area contributed by atoms with E-state index in [1.54, 1.807) is 9.58 Å². The average molecular weight is 319 g/mol. The molecule has 118 valence electrons. The molecule has 0 saturated carbocycles. The molecule has 6 nitrogen and oxygen atoms in total. The van der Waals surface area contributed by atoms with Crippen LogP contribution in [0.3, 0.4) is 0 Å². The fraction of sp³-hybridized carbons (Fsp3) is 0.533. The largest absolute Gasteiger partial charge is 0.315 e. The number of nitrogens with zero attached hydrogens (tertiary/aromatic N) is 4. The van der Waals surface area contributed by atoms with Crippen LogP contribution in [0.4, 0.5) is 5.13 Å². The number of thiazole rings is 1. The molecule has 2 aromatic rings. The Morgan fingerprint density at radius 1 is 1.55 bits per heavy atom. The molecule has 0 radical (unpaired) electrons. The lowest BCUT2D eigenvalue weighted by atomic mass is 9.90. The third-order valence-corrected chi connectivity index (χ3v) is 5.09. The highest BCUT2D eigenvalue weighted by molar-refractivity contribution is 7.14. The monoisotopic (exact) mass is 319 g/mol. The number of aromatic nitrogens is 3. The Bertz CT molecular complexity index is 664. The van der Waals surface area contributed by atoms with Crippen LogP contribution in [0.2, 0.25) is 0 Å². The molecule has 3 rings (SSSR count). The van der Waals surface area contributed by atoms with Crippen molar-refractivity contribution in [3.63, 3.8) is 0 Å². The number of carbonyl (C=O) groups excluding carboxylic acids is 1. The van der Waals surface area contributed by atoms with Crippen LogP contribution in [0.15, 0.2) is 17.8 Å². The van der Waals surface area contributed by atoms with E-state index < -0.39 is 0 Å². The molecule has 1 N–H and O–H groups in total. The van der Waals surface area contributed by atoms with Crippen LogP contribution in [0.1, 0.15) is 24.1 Å². The lowest BCUT2D eigenvalue weighted by Crippen LogP contribution is -2.38.